The Kier molecular flexibility index (Phi) is 5.77. The van der Waals surface area contributed by atoms with Crippen LogP contribution in [-0.2, 0) is 0 Å². The zero-order chi connectivity index (χ0) is 21.3. The van der Waals surface area contributed by atoms with Gasteiger partial charge in [-0.3, -0.25) is 4.79 Å². The van der Waals surface area contributed by atoms with E-state index in [0.29, 0.717) is 38.2 Å². The van der Waals surface area contributed by atoms with Crippen molar-refractivity contribution in [3.8, 4) is 11.1 Å². The number of hydrogen-bond acceptors (Lipinski definition) is 3. The normalized spacial score (nSPS) is 21.2. The standard InChI is InChI=1S/C24H29N3O3/c1-17-3-5-18(6-4-17)19-7-9-20(10-8-19)23(29)25(2)21-11-13-26(15-21)24(30)27-14-12-22(28)16-27/h3-10,21-22,28H,11-16H2,1-2H3. The molecule has 2 aliphatic rings. The molecule has 0 aliphatic carbocycles. The van der Waals surface area contributed by atoms with E-state index in [9.17, 15) is 14.7 Å². The van der Waals surface area contributed by atoms with Crippen LogP contribution in [0.15, 0.2) is 48.5 Å². The van der Waals surface area contributed by atoms with Crippen molar-refractivity contribution in [1.29, 1.82) is 0 Å². The maximum atomic E-state index is 13.0. The summed E-state index contributed by atoms with van der Waals surface area (Å²) in [6.07, 6.45) is 0.991. The van der Waals surface area contributed by atoms with E-state index in [4.69, 9.17) is 0 Å². The minimum atomic E-state index is -0.417. The van der Waals surface area contributed by atoms with Crippen molar-refractivity contribution in [2.24, 2.45) is 0 Å². The number of urea groups is 1. The summed E-state index contributed by atoms with van der Waals surface area (Å²) in [4.78, 5) is 30.9. The first-order valence-corrected chi connectivity index (χ1v) is 10.6. The highest BCUT2D eigenvalue weighted by Crippen LogP contribution is 2.23. The van der Waals surface area contributed by atoms with Crippen molar-refractivity contribution < 1.29 is 14.7 Å². The number of nitrogens with zero attached hydrogens (tertiary/aromatic N) is 3. The van der Waals surface area contributed by atoms with E-state index in [-0.39, 0.29) is 18.0 Å². The van der Waals surface area contributed by atoms with Gasteiger partial charge in [-0.1, -0.05) is 42.0 Å². The van der Waals surface area contributed by atoms with E-state index in [2.05, 4.69) is 31.2 Å². The number of rotatable bonds is 3. The second kappa shape index (κ2) is 8.48. The Morgan fingerprint density at radius 1 is 0.900 bits per heavy atom. The highest BCUT2D eigenvalue weighted by molar-refractivity contribution is 5.95. The summed E-state index contributed by atoms with van der Waals surface area (Å²) in [5.41, 5.74) is 4.09. The molecule has 2 aromatic rings. The molecule has 0 spiro atoms. The summed E-state index contributed by atoms with van der Waals surface area (Å²) >= 11 is 0. The molecule has 4 rings (SSSR count). The van der Waals surface area contributed by atoms with Crippen molar-refractivity contribution >= 4 is 11.9 Å². The molecule has 2 aliphatic heterocycles. The number of carbonyl (C=O) groups is 2. The lowest BCUT2D eigenvalue weighted by molar-refractivity contribution is 0.0735. The Balaban J connectivity index is 1.37. The van der Waals surface area contributed by atoms with E-state index >= 15 is 0 Å². The average Bonchev–Trinajstić information content (AvgIpc) is 3.42. The van der Waals surface area contributed by atoms with Crippen LogP contribution in [0.2, 0.25) is 0 Å². The minimum absolute atomic E-state index is 0.00533. The number of aliphatic hydroxyl groups is 1. The Labute approximate surface area is 177 Å². The van der Waals surface area contributed by atoms with E-state index in [1.807, 2.05) is 31.3 Å². The zero-order valence-corrected chi connectivity index (χ0v) is 17.6. The Morgan fingerprint density at radius 2 is 1.47 bits per heavy atom. The number of aliphatic hydroxyl groups excluding tert-OH is 1. The van der Waals surface area contributed by atoms with Gasteiger partial charge >= 0.3 is 6.03 Å². The molecule has 0 bridgehead atoms. The topological polar surface area (TPSA) is 64.1 Å². The van der Waals surface area contributed by atoms with Crippen LogP contribution >= 0.6 is 0 Å². The smallest absolute Gasteiger partial charge is 0.320 e. The van der Waals surface area contributed by atoms with Gasteiger partial charge in [-0.05, 0) is 43.0 Å². The summed E-state index contributed by atoms with van der Waals surface area (Å²) in [6.45, 7) is 4.24. The molecular formula is C24H29N3O3. The fourth-order valence-corrected chi connectivity index (χ4v) is 4.27. The molecule has 2 atom stereocenters. The molecular weight excluding hydrogens is 378 g/mol. The number of likely N-dealkylation sites (tertiary alicyclic amines) is 2. The highest BCUT2D eigenvalue weighted by atomic mass is 16.3. The van der Waals surface area contributed by atoms with Crippen LogP contribution in [0.4, 0.5) is 4.79 Å². The van der Waals surface area contributed by atoms with Gasteiger partial charge < -0.3 is 19.8 Å². The first-order chi connectivity index (χ1) is 14.4. The molecule has 2 aromatic carbocycles. The Morgan fingerprint density at radius 3 is 2.07 bits per heavy atom. The van der Waals surface area contributed by atoms with Crippen LogP contribution in [0.1, 0.15) is 28.8 Å². The fraction of sp³-hybridized carbons (Fsp3) is 0.417. The monoisotopic (exact) mass is 407 g/mol. The van der Waals surface area contributed by atoms with Crippen LogP contribution < -0.4 is 0 Å². The van der Waals surface area contributed by atoms with Crippen molar-refractivity contribution in [2.45, 2.75) is 31.9 Å². The van der Waals surface area contributed by atoms with Crippen LogP contribution in [-0.4, -0.2) is 77.1 Å². The summed E-state index contributed by atoms with van der Waals surface area (Å²) < 4.78 is 0. The lowest BCUT2D eigenvalue weighted by Gasteiger charge is -2.27. The number of benzene rings is 2. The van der Waals surface area contributed by atoms with E-state index < -0.39 is 6.10 Å². The lowest BCUT2D eigenvalue weighted by atomic mass is 10.0. The fourth-order valence-electron chi connectivity index (χ4n) is 4.27. The van der Waals surface area contributed by atoms with Gasteiger partial charge in [-0.2, -0.15) is 0 Å². The first-order valence-electron chi connectivity index (χ1n) is 10.6. The van der Waals surface area contributed by atoms with Crippen molar-refractivity contribution in [2.75, 3.05) is 33.2 Å². The molecule has 6 nitrogen and oxygen atoms in total. The molecule has 0 aromatic heterocycles. The highest BCUT2D eigenvalue weighted by Gasteiger charge is 2.35. The molecule has 2 saturated heterocycles. The SMILES string of the molecule is Cc1ccc(-c2ccc(C(=O)N(C)C3CCN(C(=O)N4CCC(O)C4)C3)cc2)cc1. The molecule has 0 radical (unpaired) electrons. The Hall–Kier alpha value is -2.86. The summed E-state index contributed by atoms with van der Waals surface area (Å²) in [5.74, 6) is -0.0265. The molecule has 1 N–H and O–H groups in total. The van der Waals surface area contributed by atoms with Crippen LogP contribution in [0.3, 0.4) is 0 Å². The van der Waals surface area contributed by atoms with Crippen LogP contribution in [0.25, 0.3) is 11.1 Å². The van der Waals surface area contributed by atoms with Gasteiger partial charge in [0.25, 0.3) is 5.91 Å². The van der Waals surface area contributed by atoms with Crippen LogP contribution in [0.5, 0.6) is 0 Å². The van der Waals surface area contributed by atoms with E-state index in [1.165, 1.54) is 5.56 Å². The summed E-state index contributed by atoms with van der Waals surface area (Å²) in [7, 11) is 1.81. The van der Waals surface area contributed by atoms with E-state index in [1.54, 1.807) is 14.7 Å². The van der Waals surface area contributed by atoms with Gasteiger partial charge in [-0.25, -0.2) is 4.79 Å². The number of hydrogen-bond donors (Lipinski definition) is 1. The molecule has 6 heteroatoms. The van der Waals surface area contributed by atoms with Crippen LogP contribution in [0, 0.1) is 6.92 Å². The largest absolute Gasteiger partial charge is 0.391 e. The predicted octanol–water partition coefficient (Wildman–Crippen LogP) is 2.99. The molecule has 0 saturated carbocycles. The van der Waals surface area contributed by atoms with Gasteiger partial charge in [0.2, 0.25) is 0 Å². The van der Waals surface area contributed by atoms with Gasteiger partial charge in [0.05, 0.1) is 12.1 Å². The maximum absolute atomic E-state index is 13.0. The molecule has 2 heterocycles. The zero-order valence-electron chi connectivity index (χ0n) is 17.6. The maximum Gasteiger partial charge on any atom is 0.320 e. The number of β-amino-alcohol motifs (C(OH)–C–C–N with tert-alkyl or cyclic N) is 1. The van der Waals surface area contributed by atoms with Crippen molar-refractivity contribution in [1.82, 2.24) is 14.7 Å². The quantitative estimate of drug-likeness (QED) is 0.851. The van der Waals surface area contributed by atoms with Gasteiger partial charge in [0.1, 0.15) is 0 Å². The second-order valence-electron chi connectivity index (χ2n) is 8.42. The summed E-state index contributed by atoms with van der Waals surface area (Å²) in [5, 5.41) is 9.67. The average molecular weight is 408 g/mol. The molecule has 2 fully saturated rings. The van der Waals surface area contributed by atoms with Crippen molar-refractivity contribution in [3.63, 3.8) is 0 Å². The Bertz CT molecular complexity index is 910. The van der Waals surface area contributed by atoms with Gasteiger partial charge in [0, 0.05) is 38.8 Å². The number of carbonyl (C=O) groups excluding carboxylic acids is 2. The number of aryl methyl sites for hydroxylation is 1. The molecule has 3 amide bonds. The third kappa shape index (κ3) is 4.19. The molecule has 30 heavy (non-hydrogen) atoms. The van der Waals surface area contributed by atoms with E-state index in [0.717, 1.165) is 17.5 Å². The number of amides is 3. The molecule has 2 unspecified atom stereocenters. The predicted molar refractivity (Wildman–Crippen MR) is 116 cm³/mol. The first kappa shape index (κ1) is 20.4. The third-order valence-corrected chi connectivity index (χ3v) is 6.25. The second-order valence-corrected chi connectivity index (χ2v) is 8.42. The summed E-state index contributed by atoms with van der Waals surface area (Å²) in [6, 6.07) is 16.0. The van der Waals surface area contributed by atoms with Gasteiger partial charge in [0.15, 0.2) is 0 Å². The molecule has 158 valence electrons. The van der Waals surface area contributed by atoms with Crippen molar-refractivity contribution in [3.05, 3.63) is 59.7 Å². The van der Waals surface area contributed by atoms with Gasteiger partial charge in [-0.15, -0.1) is 0 Å². The third-order valence-electron chi connectivity index (χ3n) is 6.25. The number of likely N-dealkylation sites (N-methyl/N-ethyl adjacent to an activating group) is 1. The lowest BCUT2D eigenvalue weighted by Crippen LogP contribution is -2.44. The minimum Gasteiger partial charge on any atom is -0.391 e.